The van der Waals surface area contributed by atoms with Gasteiger partial charge >= 0.3 is 154 Å². The second-order valence-corrected chi connectivity index (χ2v) is 9.33. The van der Waals surface area contributed by atoms with Gasteiger partial charge in [0.1, 0.15) is 0 Å². The Labute approximate surface area is 154 Å². The number of azo groups is 1. The summed E-state index contributed by atoms with van der Waals surface area (Å²) in [5, 5.41) is 27.0. The molecule has 0 fully saturated rings. The topological polar surface area (TPSA) is 140 Å². The van der Waals surface area contributed by atoms with E-state index in [0.29, 0.717) is 0 Å². The summed E-state index contributed by atoms with van der Waals surface area (Å²) in [5.74, 6) is -1.36. The number of hydrogen-bond acceptors (Lipinski definition) is 5. The summed E-state index contributed by atoms with van der Waals surface area (Å²) in [6.07, 6.45) is -1.82. The quantitative estimate of drug-likeness (QED) is 0.370. The zero-order valence-electron chi connectivity index (χ0n) is 12.6. The molecule has 10 heteroatoms. The fourth-order valence-corrected chi connectivity index (χ4v) is 3.81. The van der Waals surface area contributed by atoms with Gasteiger partial charge in [-0.3, -0.25) is 0 Å². The molecular formula is C15H14AsCrN2O6. The zero-order valence-corrected chi connectivity index (χ0v) is 15.8. The van der Waals surface area contributed by atoms with E-state index in [2.05, 4.69) is 26.5 Å². The van der Waals surface area contributed by atoms with Crippen molar-refractivity contribution in [3.63, 3.8) is 0 Å². The number of rotatable bonds is 6. The van der Waals surface area contributed by atoms with Gasteiger partial charge in [-0.15, -0.1) is 0 Å². The number of carbonyl (C=O) groups is 1. The van der Waals surface area contributed by atoms with Crippen molar-refractivity contribution in [2.24, 2.45) is 10.2 Å². The first-order chi connectivity index (χ1) is 11.7. The second-order valence-electron chi connectivity index (χ2n) is 5.03. The predicted octanol–water partition coefficient (Wildman–Crippen LogP) is 0.177. The zero-order chi connectivity index (χ0) is 18.7. The maximum absolute atomic E-state index is 11.7. The predicted molar refractivity (Wildman–Crippen MR) is 83.2 cm³/mol. The summed E-state index contributed by atoms with van der Waals surface area (Å²) in [7, 11) is 0. The van der Waals surface area contributed by atoms with Crippen molar-refractivity contribution in [3.8, 4) is 0 Å². The summed E-state index contributed by atoms with van der Waals surface area (Å²) in [6.45, 7) is 0. The third-order valence-corrected chi connectivity index (χ3v) is 6.43. The monoisotopic (exact) mass is 445 g/mol. The van der Waals surface area contributed by atoms with Crippen LogP contribution in [-0.4, -0.2) is 44.8 Å². The SMILES string of the molecule is O=C(O)[C]([Cr])(c1ccccc1)C(O)N=Nc1ccccc1[As](=O)(O)O. The van der Waals surface area contributed by atoms with Crippen molar-refractivity contribution in [1.29, 1.82) is 0 Å². The van der Waals surface area contributed by atoms with Crippen molar-refractivity contribution < 1.29 is 43.2 Å². The van der Waals surface area contributed by atoms with Crippen LogP contribution in [0.2, 0.25) is 0 Å². The van der Waals surface area contributed by atoms with Gasteiger partial charge in [0, 0.05) is 0 Å². The number of aliphatic hydroxyl groups excluding tert-OH is 1. The Balaban J connectivity index is 2.41. The summed E-state index contributed by atoms with van der Waals surface area (Å²) in [4.78, 5) is 11.7. The molecule has 8 nitrogen and oxygen atoms in total. The summed E-state index contributed by atoms with van der Waals surface area (Å²) >= 11 is -2.81. The number of carboxylic acids is 1. The molecule has 131 valence electrons. The van der Waals surface area contributed by atoms with E-state index in [1.54, 1.807) is 18.2 Å². The molecule has 4 N–H and O–H groups in total. The molecule has 0 radical (unpaired) electrons. The van der Waals surface area contributed by atoms with Gasteiger partial charge in [-0.05, 0) is 0 Å². The van der Waals surface area contributed by atoms with Gasteiger partial charge in [0.05, 0.1) is 0 Å². The molecule has 0 heterocycles. The van der Waals surface area contributed by atoms with Gasteiger partial charge in [-0.2, -0.15) is 0 Å². The molecule has 2 rings (SSSR count). The molecule has 0 aromatic heterocycles. The average Bonchev–Trinajstić information content (AvgIpc) is 2.58. The third-order valence-electron chi connectivity index (χ3n) is 3.35. The van der Waals surface area contributed by atoms with E-state index >= 15 is 0 Å². The van der Waals surface area contributed by atoms with Crippen LogP contribution in [0.5, 0.6) is 0 Å². The Kier molecular flexibility index (Phi) is 6.01. The molecule has 2 unspecified atom stereocenters. The third kappa shape index (κ3) is 4.28. The number of aliphatic carboxylic acids is 1. The molecule has 0 saturated heterocycles. The van der Waals surface area contributed by atoms with E-state index in [1.165, 1.54) is 36.4 Å². The molecule has 25 heavy (non-hydrogen) atoms. The van der Waals surface area contributed by atoms with Gasteiger partial charge in [0.15, 0.2) is 0 Å². The second kappa shape index (κ2) is 7.67. The first-order valence-electron chi connectivity index (χ1n) is 6.90. The molecule has 0 aliphatic heterocycles. The van der Waals surface area contributed by atoms with Gasteiger partial charge in [0.2, 0.25) is 0 Å². The minimum absolute atomic E-state index is 0.130. The number of hydrogen-bond donors (Lipinski definition) is 4. The number of nitrogens with zero attached hydrogens (tertiary/aromatic N) is 2. The van der Waals surface area contributed by atoms with E-state index < -0.39 is 30.6 Å². The maximum atomic E-state index is 11.7. The van der Waals surface area contributed by atoms with Crippen LogP contribution in [0.4, 0.5) is 5.69 Å². The number of benzene rings is 2. The van der Waals surface area contributed by atoms with Gasteiger partial charge in [-0.25, -0.2) is 0 Å². The van der Waals surface area contributed by atoms with E-state index in [0.717, 1.165) is 0 Å². The van der Waals surface area contributed by atoms with E-state index in [-0.39, 0.29) is 15.6 Å². The van der Waals surface area contributed by atoms with Crippen molar-refractivity contribution in [2.45, 2.75) is 10.5 Å². The standard InChI is InChI=1S/C15H14AsN2O6.Cr/c19-14(13(15(20)21)10-6-2-1-3-7-10)18-17-12-9-5-4-8-11(12)16(22,23)24;/h1-9,14,19H,(H,20,21)(H2,22,23,24);. The van der Waals surface area contributed by atoms with Crippen molar-refractivity contribution in [1.82, 2.24) is 0 Å². The van der Waals surface area contributed by atoms with Crippen LogP contribution in [0.25, 0.3) is 0 Å². The summed E-state index contributed by atoms with van der Waals surface area (Å²) in [6, 6.07) is 13.4. The van der Waals surface area contributed by atoms with Crippen LogP contribution >= 0.6 is 0 Å². The molecular weight excluding hydrogens is 431 g/mol. The summed E-state index contributed by atoms with van der Waals surface area (Å²) in [5.41, 5.74) is 0.135. The molecule has 0 spiro atoms. The van der Waals surface area contributed by atoms with Crippen molar-refractivity contribution in [3.05, 3.63) is 60.2 Å². The van der Waals surface area contributed by atoms with Crippen LogP contribution in [-0.2, 0) is 29.1 Å². The molecule has 2 aromatic rings. The first-order valence-corrected chi connectivity index (χ1v) is 10.9. The van der Waals surface area contributed by atoms with Gasteiger partial charge in [0.25, 0.3) is 0 Å². The number of carboxylic acid groups (broad SMARTS) is 1. The van der Waals surface area contributed by atoms with Crippen molar-refractivity contribution in [2.75, 3.05) is 0 Å². The van der Waals surface area contributed by atoms with E-state index in [9.17, 15) is 26.9 Å². The Bertz CT molecular complexity index is 841. The Morgan fingerprint density at radius 3 is 2.20 bits per heavy atom. The molecule has 0 amide bonds. The Morgan fingerprint density at radius 1 is 1.08 bits per heavy atom. The molecule has 0 aliphatic rings. The molecule has 0 bridgehead atoms. The van der Waals surface area contributed by atoms with E-state index in [4.69, 9.17) is 0 Å². The van der Waals surface area contributed by atoms with E-state index in [1.807, 2.05) is 0 Å². The van der Waals surface area contributed by atoms with Gasteiger partial charge < -0.3 is 0 Å². The van der Waals surface area contributed by atoms with Crippen molar-refractivity contribution >= 4 is 30.2 Å². The molecule has 0 aliphatic carbocycles. The fourth-order valence-electron chi connectivity index (χ4n) is 2.06. The van der Waals surface area contributed by atoms with Crippen LogP contribution in [0.15, 0.2) is 64.8 Å². The molecule has 2 atom stereocenters. The molecule has 0 saturated carbocycles. The fraction of sp³-hybridized carbons (Fsp3) is 0.133. The number of aliphatic hydroxyl groups is 1. The Morgan fingerprint density at radius 2 is 1.64 bits per heavy atom. The first kappa shape index (κ1) is 19.6. The Hall–Kier alpha value is -1.72. The van der Waals surface area contributed by atoms with Crippen LogP contribution in [0.1, 0.15) is 5.56 Å². The molecule has 2 aromatic carbocycles. The van der Waals surface area contributed by atoms with Gasteiger partial charge in [-0.1, -0.05) is 0 Å². The summed E-state index contributed by atoms with van der Waals surface area (Å²) < 4.78 is 28.0. The van der Waals surface area contributed by atoms with Crippen LogP contribution in [0, 0.1) is 0 Å². The van der Waals surface area contributed by atoms with Crippen LogP contribution < -0.4 is 4.35 Å². The minimum atomic E-state index is -5.25. The van der Waals surface area contributed by atoms with Crippen LogP contribution in [0.3, 0.4) is 0 Å². The average molecular weight is 445 g/mol. The normalized spacial score (nSPS) is 15.6.